The van der Waals surface area contributed by atoms with Crippen molar-refractivity contribution < 1.29 is 0 Å². The van der Waals surface area contributed by atoms with Gasteiger partial charge in [0.1, 0.15) is 0 Å². The van der Waals surface area contributed by atoms with Crippen LogP contribution in [0.1, 0.15) is 49.9 Å². The summed E-state index contributed by atoms with van der Waals surface area (Å²) >= 11 is 0. The van der Waals surface area contributed by atoms with Crippen LogP contribution in [-0.2, 0) is 10.8 Å². The Hall–Kier alpha value is -9.26. The minimum Gasteiger partial charge on any atom is -0.309 e. The summed E-state index contributed by atoms with van der Waals surface area (Å²) in [6.45, 7) is 9.51. The lowest BCUT2D eigenvalue weighted by Gasteiger charge is -2.23. The maximum absolute atomic E-state index is 5.31. The molecule has 0 spiro atoms. The predicted molar refractivity (Wildman–Crippen MR) is 303 cm³/mol. The topological polar surface area (TPSA) is 61.4 Å². The molecule has 0 aliphatic heterocycles. The first-order chi connectivity index (χ1) is 36.2. The summed E-state index contributed by atoms with van der Waals surface area (Å²) < 4.78 is 4.89. The summed E-state index contributed by atoms with van der Waals surface area (Å²) in [5.74, 6) is 1.81. The zero-order valence-corrected chi connectivity index (χ0v) is 41.5. The van der Waals surface area contributed by atoms with Gasteiger partial charge in [-0.25, -0.2) is 15.0 Å². The molecule has 15 rings (SSSR count). The van der Waals surface area contributed by atoms with Gasteiger partial charge >= 0.3 is 0 Å². The van der Waals surface area contributed by atoms with Gasteiger partial charge in [0.25, 0.3) is 0 Å². The molecule has 0 fully saturated rings. The summed E-state index contributed by atoms with van der Waals surface area (Å²) in [6.07, 6.45) is 1.97. The van der Waals surface area contributed by atoms with Crippen molar-refractivity contribution in [3.8, 4) is 79.0 Å². The maximum Gasteiger partial charge on any atom is 0.164 e. The molecule has 4 heterocycles. The quantitative estimate of drug-likeness (QED) is 0.167. The molecule has 0 saturated heterocycles. The van der Waals surface area contributed by atoms with E-state index >= 15 is 0 Å². The number of aromatic nitrogens is 6. The monoisotopic (exact) mass is 948 g/mol. The third kappa shape index (κ3) is 5.99. The van der Waals surface area contributed by atoms with Gasteiger partial charge in [-0.15, -0.1) is 0 Å². The highest BCUT2D eigenvalue weighted by molar-refractivity contribution is 6.16. The maximum atomic E-state index is 5.31. The molecule has 2 aliphatic rings. The highest BCUT2D eigenvalue weighted by Gasteiger charge is 2.40. The van der Waals surface area contributed by atoms with Gasteiger partial charge in [-0.2, -0.15) is 0 Å². The molecule has 6 nitrogen and oxygen atoms in total. The van der Waals surface area contributed by atoms with E-state index in [1.54, 1.807) is 0 Å². The Balaban J connectivity index is 0.996. The van der Waals surface area contributed by atoms with Crippen molar-refractivity contribution in [2.24, 2.45) is 0 Å². The van der Waals surface area contributed by atoms with Crippen molar-refractivity contribution in [3.05, 3.63) is 241 Å². The summed E-state index contributed by atoms with van der Waals surface area (Å²) in [7, 11) is 0. The zero-order valence-electron chi connectivity index (χ0n) is 41.5. The van der Waals surface area contributed by atoms with Gasteiger partial charge in [-0.05, 0) is 99.1 Å². The van der Waals surface area contributed by atoms with E-state index in [0.717, 1.165) is 55.9 Å². The normalized spacial score (nSPS) is 13.9. The van der Waals surface area contributed by atoms with Crippen LogP contribution in [0.5, 0.6) is 0 Å². The smallest absolute Gasteiger partial charge is 0.164 e. The number of hydrogen-bond acceptors (Lipinski definition) is 4. The van der Waals surface area contributed by atoms with Crippen molar-refractivity contribution >= 4 is 43.6 Å². The largest absolute Gasteiger partial charge is 0.309 e. The molecule has 9 aromatic carbocycles. The summed E-state index contributed by atoms with van der Waals surface area (Å²) in [5.41, 5.74) is 21.4. The Morgan fingerprint density at radius 3 is 1.39 bits per heavy atom. The van der Waals surface area contributed by atoms with E-state index in [4.69, 9.17) is 19.9 Å². The van der Waals surface area contributed by atoms with Gasteiger partial charge in [-0.1, -0.05) is 185 Å². The number of nitrogens with zero attached hydrogens (tertiary/aromatic N) is 6. The first-order valence-electron chi connectivity index (χ1n) is 25.6. The number of pyridine rings is 1. The lowest BCUT2D eigenvalue weighted by molar-refractivity contribution is 0.666. The molecular formula is C68H48N6. The van der Waals surface area contributed by atoms with E-state index in [9.17, 15) is 0 Å². The second-order valence-corrected chi connectivity index (χ2v) is 21.0. The van der Waals surface area contributed by atoms with E-state index in [0.29, 0.717) is 17.5 Å². The molecule has 0 unspecified atom stereocenters. The molecule has 0 amide bonds. The summed E-state index contributed by atoms with van der Waals surface area (Å²) in [4.78, 5) is 20.8. The van der Waals surface area contributed by atoms with E-state index in [1.807, 2.05) is 42.6 Å². The van der Waals surface area contributed by atoms with Crippen LogP contribution >= 0.6 is 0 Å². The molecule has 0 N–H and O–H groups in total. The average molecular weight is 949 g/mol. The van der Waals surface area contributed by atoms with Crippen LogP contribution in [0.4, 0.5) is 0 Å². The van der Waals surface area contributed by atoms with Crippen molar-refractivity contribution in [1.82, 2.24) is 29.1 Å². The SMILES string of the molecule is CC1(C)c2ccccc2-c2ccc3c(c21)c1ccccc1n3-c1ccnc(-c2cc(-c3nc(-c4ccccc4)nc(-c4ccccc4)n3)ccc2-n2c3ccccc3c3c4c(ccc32)-c2ccccc2C4(C)C)c1. The highest BCUT2D eigenvalue weighted by Crippen LogP contribution is 2.55. The Kier molecular flexibility index (Phi) is 8.95. The third-order valence-electron chi connectivity index (χ3n) is 16.2. The first kappa shape index (κ1) is 42.4. The van der Waals surface area contributed by atoms with Crippen LogP contribution in [0, 0.1) is 0 Å². The van der Waals surface area contributed by atoms with Crippen LogP contribution in [-0.4, -0.2) is 29.1 Å². The molecule has 74 heavy (non-hydrogen) atoms. The number of para-hydroxylation sites is 2. The van der Waals surface area contributed by atoms with Gasteiger partial charge in [0.15, 0.2) is 17.5 Å². The van der Waals surface area contributed by atoms with Crippen molar-refractivity contribution in [2.75, 3.05) is 0 Å². The second kappa shape index (κ2) is 15.6. The molecule has 350 valence electrons. The van der Waals surface area contributed by atoms with Gasteiger partial charge in [-0.3, -0.25) is 4.98 Å². The van der Waals surface area contributed by atoms with Crippen LogP contribution in [0.15, 0.2) is 219 Å². The first-order valence-corrected chi connectivity index (χ1v) is 25.6. The Morgan fingerprint density at radius 1 is 0.351 bits per heavy atom. The lowest BCUT2D eigenvalue weighted by atomic mass is 9.80. The summed E-state index contributed by atoms with van der Waals surface area (Å²) in [6, 6.07) is 76.4. The van der Waals surface area contributed by atoms with Gasteiger partial charge in [0.05, 0.1) is 33.4 Å². The van der Waals surface area contributed by atoms with Gasteiger partial charge < -0.3 is 9.13 Å². The van der Waals surface area contributed by atoms with Crippen molar-refractivity contribution in [1.29, 1.82) is 0 Å². The van der Waals surface area contributed by atoms with Crippen molar-refractivity contribution in [3.63, 3.8) is 0 Å². The zero-order chi connectivity index (χ0) is 49.5. The van der Waals surface area contributed by atoms with Crippen molar-refractivity contribution in [2.45, 2.75) is 38.5 Å². The Bertz CT molecular complexity index is 4420. The summed E-state index contributed by atoms with van der Waals surface area (Å²) in [5, 5.41) is 5.03. The molecule has 0 saturated carbocycles. The molecule has 0 radical (unpaired) electrons. The highest BCUT2D eigenvalue weighted by atomic mass is 15.0. The van der Waals surface area contributed by atoms with Crippen LogP contribution in [0.2, 0.25) is 0 Å². The Labute approximate surface area is 429 Å². The molecule has 0 bridgehead atoms. The molecule has 6 heteroatoms. The number of fused-ring (bicyclic) bond motifs is 14. The third-order valence-corrected chi connectivity index (χ3v) is 16.2. The average Bonchev–Trinajstić information content (AvgIpc) is 4.23. The fraction of sp³-hybridized carbons (Fsp3) is 0.0882. The van der Waals surface area contributed by atoms with E-state index in [-0.39, 0.29) is 10.8 Å². The van der Waals surface area contributed by atoms with E-state index < -0.39 is 0 Å². The molecule has 0 atom stereocenters. The van der Waals surface area contributed by atoms with E-state index in [1.165, 1.54) is 71.6 Å². The van der Waals surface area contributed by atoms with Crippen LogP contribution in [0.3, 0.4) is 0 Å². The molecule has 2 aliphatic carbocycles. The number of benzene rings is 9. The van der Waals surface area contributed by atoms with Gasteiger partial charge in [0.2, 0.25) is 0 Å². The van der Waals surface area contributed by atoms with Gasteiger partial charge in [0, 0.05) is 66.5 Å². The predicted octanol–water partition coefficient (Wildman–Crippen LogP) is 16.7. The fourth-order valence-corrected chi connectivity index (χ4v) is 12.9. The second-order valence-electron chi connectivity index (χ2n) is 21.0. The Morgan fingerprint density at radius 2 is 0.824 bits per heavy atom. The minimum atomic E-state index is -0.213. The van der Waals surface area contributed by atoms with Crippen LogP contribution in [0.25, 0.3) is 123 Å². The number of hydrogen-bond donors (Lipinski definition) is 0. The minimum absolute atomic E-state index is 0.185. The number of rotatable bonds is 6. The molecular weight excluding hydrogens is 901 g/mol. The van der Waals surface area contributed by atoms with E-state index in [2.05, 4.69) is 213 Å². The van der Waals surface area contributed by atoms with Crippen LogP contribution < -0.4 is 0 Å². The standard InChI is InChI=1S/C68H48N6/c1-67(2)52-27-15-11-23-45(52)47-32-35-58-60(62(47)67)49-25-13-17-29-55(49)73(58)44-37-38-69-54(40-44)51-39-43(66-71-64(41-19-7-5-8-20-41)70-65(72-66)42-21-9-6-10-22-42)31-34-57(51)74-56-30-18-14-26-50(56)61-59(74)36-33-48-46-24-12-16-28-53(46)68(3,4)63(48)61/h5-40H,1-4H3. The molecule has 4 aromatic heterocycles. The fourth-order valence-electron chi connectivity index (χ4n) is 12.9. The molecule has 13 aromatic rings. The lowest BCUT2D eigenvalue weighted by Crippen LogP contribution is -2.15.